The van der Waals surface area contributed by atoms with E-state index in [0.29, 0.717) is 11.1 Å². The molecule has 0 saturated carbocycles. The number of benzene rings is 2. The maximum absolute atomic E-state index is 13.7. The van der Waals surface area contributed by atoms with Gasteiger partial charge >= 0.3 is 12.4 Å². The first-order chi connectivity index (χ1) is 19.5. The van der Waals surface area contributed by atoms with E-state index in [-0.39, 0.29) is 53.1 Å². The summed E-state index contributed by atoms with van der Waals surface area (Å²) in [4.78, 5) is 20.6. The standard InChI is InChI=1S/C27H21F6N7O/c1-3-41-25-20-22(34-12-15-8-10-16(11-9-15)24-37-19(13-40(24)2)27(31,32)33)38-21(39-23(20)35-14-36-25)17-6-4-5-7-18(17)26(28,29)30/h4-11,13-14H,3,12H2,1-2H3,(H,34,35,36,38,39). The van der Waals surface area contributed by atoms with Crippen LogP contribution in [0.3, 0.4) is 0 Å². The Hall–Kier alpha value is -4.75. The summed E-state index contributed by atoms with van der Waals surface area (Å²) in [6.07, 6.45) is -7.09. The molecule has 0 bridgehead atoms. The van der Waals surface area contributed by atoms with E-state index in [1.165, 1.54) is 36.1 Å². The summed E-state index contributed by atoms with van der Waals surface area (Å²) in [6, 6.07) is 11.6. The van der Waals surface area contributed by atoms with E-state index in [1.807, 2.05) is 0 Å². The van der Waals surface area contributed by atoms with Crippen molar-refractivity contribution in [3.63, 3.8) is 0 Å². The Bertz CT molecular complexity index is 1700. The lowest BCUT2D eigenvalue weighted by atomic mass is 10.1. The van der Waals surface area contributed by atoms with Gasteiger partial charge in [-0.3, -0.25) is 0 Å². The highest BCUT2D eigenvalue weighted by molar-refractivity contribution is 5.92. The minimum absolute atomic E-state index is 0.0820. The molecule has 1 N–H and O–H groups in total. The van der Waals surface area contributed by atoms with Crippen LogP contribution in [0.2, 0.25) is 0 Å². The number of rotatable bonds is 7. The summed E-state index contributed by atoms with van der Waals surface area (Å²) in [7, 11) is 1.47. The van der Waals surface area contributed by atoms with Crippen LogP contribution >= 0.6 is 0 Å². The highest BCUT2D eigenvalue weighted by atomic mass is 19.4. The third-order valence-electron chi connectivity index (χ3n) is 6.05. The van der Waals surface area contributed by atoms with E-state index in [4.69, 9.17) is 4.74 Å². The third-order valence-corrected chi connectivity index (χ3v) is 6.05. The smallest absolute Gasteiger partial charge is 0.434 e. The molecule has 41 heavy (non-hydrogen) atoms. The summed E-state index contributed by atoms with van der Waals surface area (Å²) in [5.74, 6) is 0.250. The number of halogens is 6. The van der Waals surface area contributed by atoms with Crippen LogP contribution in [-0.4, -0.2) is 36.1 Å². The van der Waals surface area contributed by atoms with Gasteiger partial charge in [-0.1, -0.05) is 42.5 Å². The Labute approximate surface area is 229 Å². The fourth-order valence-corrected chi connectivity index (χ4v) is 4.19. The number of fused-ring (bicyclic) bond motifs is 1. The van der Waals surface area contributed by atoms with Crippen LogP contribution in [-0.2, 0) is 25.9 Å². The van der Waals surface area contributed by atoms with E-state index in [2.05, 4.69) is 30.2 Å². The van der Waals surface area contributed by atoms with E-state index < -0.39 is 23.6 Å². The number of hydrogen-bond acceptors (Lipinski definition) is 7. The van der Waals surface area contributed by atoms with Crippen LogP contribution in [0.25, 0.3) is 33.8 Å². The highest BCUT2D eigenvalue weighted by Gasteiger charge is 2.35. The molecule has 5 rings (SSSR count). The first kappa shape index (κ1) is 27.8. The molecule has 8 nitrogen and oxygen atoms in total. The molecule has 212 valence electrons. The van der Waals surface area contributed by atoms with Gasteiger partial charge in [0.15, 0.2) is 17.2 Å². The molecule has 0 aliphatic heterocycles. The molecule has 0 unspecified atom stereocenters. The van der Waals surface area contributed by atoms with Crippen molar-refractivity contribution in [1.29, 1.82) is 0 Å². The van der Waals surface area contributed by atoms with Crippen LogP contribution < -0.4 is 10.1 Å². The summed E-state index contributed by atoms with van der Waals surface area (Å²) in [6.45, 7) is 2.16. The van der Waals surface area contributed by atoms with Crippen LogP contribution in [0.15, 0.2) is 61.1 Å². The van der Waals surface area contributed by atoms with Crippen LogP contribution in [0.4, 0.5) is 32.2 Å². The molecule has 14 heteroatoms. The van der Waals surface area contributed by atoms with Crippen molar-refractivity contribution in [3.05, 3.63) is 77.9 Å². The lowest BCUT2D eigenvalue weighted by molar-refractivity contribution is -0.141. The Balaban J connectivity index is 1.50. The van der Waals surface area contributed by atoms with Crippen molar-refractivity contribution >= 4 is 16.9 Å². The van der Waals surface area contributed by atoms with Gasteiger partial charge < -0.3 is 14.6 Å². The summed E-state index contributed by atoms with van der Waals surface area (Å²) >= 11 is 0. The van der Waals surface area contributed by atoms with Crippen molar-refractivity contribution in [3.8, 4) is 28.7 Å². The van der Waals surface area contributed by atoms with Crippen LogP contribution in [0.1, 0.15) is 23.7 Å². The Morgan fingerprint density at radius 3 is 2.27 bits per heavy atom. The second-order valence-electron chi connectivity index (χ2n) is 8.86. The minimum atomic E-state index is -4.64. The third kappa shape index (κ3) is 5.76. The zero-order chi connectivity index (χ0) is 29.4. The number of alkyl halides is 6. The van der Waals surface area contributed by atoms with Gasteiger partial charge in [-0.05, 0) is 18.6 Å². The molecule has 0 aliphatic carbocycles. The number of anilines is 1. The molecule has 3 aromatic heterocycles. The Kier molecular flexibility index (Phi) is 7.24. The number of nitrogens with one attached hydrogen (secondary N) is 1. The summed E-state index contributed by atoms with van der Waals surface area (Å²) in [5.41, 5.74) is -0.859. The fourth-order valence-electron chi connectivity index (χ4n) is 4.19. The SMILES string of the molecule is CCOc1ncnc2nc(-c3ccccc3C(F)(F)F)nc(NCc3ccc(-c4nc(C(F)(F)F)cn4C)cc3)c12. The molecule has 0 spiro atoms. The van der Waals surface area contributed by atoms with Crippen molar-refractivity contribution < 1.29 is 31.1 Å². The largest absolute Gasteiger partial charge is 0.477 e. The van der Waals surface area contributed by atoms with Crippen molar-refractivity contribution in [2.75, 3.05) is 11.9 Å². The fraction of sp³-hybridized carbons (Fsp3) is 0.222. The zero-order valence-corrected chi connectivity index (χ0v) is 21.5. The molecule has 0 fully saturated rings. The molecule has 0 saturated heterocycles. The molecule has 0 aliphatic rings. The molecule has 0 radical (unpaired) electrons. The van der Waals surface area contributed by atoms with Crippen molar-refractivity contribution in [2.45, 2.75) is 25.8 Å². The number of nitrogens with zero attached hydrogens (tertiary/aromatic N) is 6. The highest BCUT2D eigenvalue weighted by Crippen LogP contribution is 2.38. The van der Waals surface area contributed by atoms with Gasteiger partial charge in [0.05, 0.1) is 12.2 Å². The average molecular weight is 574 g/mol. The Morgan fingerprint density at radius 1 is 0.878 bits per heavy atom. The quantitative estimate of drug-likeness (QED) is 0.221. The molecular weight excluding hydrogens is 552 g/mol. The molecule has 3 heterocycles. The van der Waals surface area contributed by atoms with E-state index in [9.17, 15) is 26.3 Å². The topological polar surface area (TPSA) is 90.6 Å². The maximum Gasteiger partial charge on any atom is 0.434 e. The Morgan fingerprint density at radius 2 is 1.61 bits per heavy atom. The second-order valence-corrected chi connectivity index (χ2v) is 8.86. The van der Waals surface area contributed by atoms with E-state index >= 15 is 0 Å². The molecule has 0 amide bonds. The monoisotopic (exact) mass is 573 g/mol. The second kappa shape index (κ2) is 10.7. The van der Waals surface area contributed by atoms with Crippen LogP contribution in [0, 0.1) is 0 Å². The van der Waals surface area contributed by atoms with Crippen molar-refractivity contribution in [1.82, 2.24) is 29.5 Å². The first-order valence-electron chi connectivity index (χ1n) is 12.2. The summed E-state index contributed by atoms with van der Waals surface area (Å²) < 4.78 is 87.3. The number of hydrogen-bond donors (Lipinski definition) is 1. The van der Waals surface area contributed by atoms with Crippen LogP contribution in [0.5, 0.6) is 5.88 Å². The average Bonchev–Trinajstić information content (AvgIpc) is 3.34. The predicted molar refractivity (Wildman–Crippen MR) is 138 cm³/mol. The van der Waals surface area contributed by atoms with Crippen molar-refractivity contribution in [2.24, 2.45) is 7.05 Å². The van der Waals surface area contributed by atoms with Gasteiger partial charge in [0.2, 0.25) is 5.88 Å². The minimum Gasteiger partial charge on any atom is -0.477 e. The predicted octanol–water partition coefficient (Wildman–Crippen LogP) is 6.54. The summed E-state index contributed by atoms with van der Waals surface area (Å²) in [5, 5.41) is 3.39. The van der Waals surface area contributed by atoms with E-state index in [1.54, 1.807) is 31.2 Å². The molecule has 0 atom stereocenters. The first-order valence-corrected chi connectivity index (χ1v) is 12.2. The zero-order valence-electron chi connectivity index (χ0n) is 21.5. The van der Waals surface area contributed by atoms with Gasteiger partial charge in [-0.2, -0.15) is 26.3 Å². The number of imidazole rings is 1. The lowest BCUT2D eigenvalue weighted by Crippen LogP contribution is -2.10. The molecular formula is C27H21F6N7O. The van der Waals surface area contributed by atoms with Gasteiger partial charge in [0, 0.05) is 30.9 Å². The maximum atomic E-state index is 13.7. The van der Waals surface area contributed by atoms with E-state index in [0.717, 1.165) is 12.3 Å². The van der Waals surface area contributed by atoms with Gasteiger partial charge in [-0.25, -0.2) is 24.9 Å². The normalized spacial score (nSPS) is 12.1. The number of aryl methyl sites for hydroxylation is 1. The molecule has 5 aromatic rings. The van der Waals surface area contributed by atoms with Gasteiger partial charge in [0.25, 0.3) is 0 Å². The lowest BCUT2D eigenvalue weighted by Gasteiger charge is -2.15. The molecule has 2 aromatic carbocycles. The van der Waals surface area contributed by atoms with Gasteiger partial charge in [-0.15, -0.1) is 0 Å². The number of aromatic nitrogens is 6. The van der Waals surface area contributed by atoms with Gasteiger partial charge in [0.1, 0.15) is 23.4 Å². The number of ether oxygens (including phenoxy) is 1.